The van der Waals surface area contributed by atoms with Gasteiger partial charge in [0.1, 0.15) is 5.69 Å². The summed E-state index contributed by atoms with van der Waals surface area (Å²) in [7, 11) is 0. The number of nitrogens with zero attached hydrogens (tertiary/aromatic N) is 3. The molecule has 0 spiro atoms. The molecule has 1 aliphatic carbocycles. The highest BCUT2D eigenvalue weighted by atomic mass is 16.3. The molecule has 1 aromatic heterocycles. The summed E-state index contributed by atoms with van der Waals surface area (Å²) in [6.45, 7) is 4.32. The van der Waals surface area contributed by atoms with Gasteiger partial charge in [0, 0.05) is 5.92 Å². The minimum atomic E-state index is 0.0161. The zero-order chi connectivity index (χ0) is 10.8. The van der Waals surface area contributed by atoms with Crippen molar-refractivity contribution in [2.45, 2.75) is 58.1 Å². The maximum atomic E-state index is 9.24. The van der Waals surface area contributed by atoms with Crippen LogP contribution in [0.1, 0.15) is 62.9 Å². The van der Waals surface area contributed by atoms with Crippen LogP contribution in [-0.4, -0.2) is 20.1 Å². The van der Waals surface area contributed by atoms with E-state index in [-0.39, 0.29) is 6.61 Å². The van der Waals surface area contributed by atoms with Crippen molar-refractivity contribution in [2.75, 3.05) is 0 Å². The highest BCUT2D eigenvalue weighted by molar-refractivity contribution is 5.18. The lowest BCUT2D eigenvalue weighted by atomic mass is 9.82. The van der Waals surface area contributed by atoms with Crippen molar-refractivity contribution in [2.24, 2.45) is 0 Å². The summed E-state index contributed by atoms with van der Waals surface area (Å²) in [6, 6.07) is 0.383. The predicted molar refractivity (Wildman–Crippen MR) is 57.5 cm³/mol. The molecule has 0 bridgehead atoms. The summed E-state index contributed by atoms with van der Waals surface area (Å²) in [5.74, 6) is 0.580. The maximum absolute atomic E-state index is 9.24. The second kappa shape index (κ2) is 4.31. The molecule has 0 aliphatic heterocycles. The Bertz CT molecular complexity index is 331. The van der Waals surface area contributed by atoms with Crippen molar-refractivity contribution in [1.82, 2.24) is 15.0 Å². The number of hydrogen-bond acceptors (Lipinski definition) is 3. The van der Waals surface area contributed by atoms with E-state index >= 15 is 0 Å². The van der Waals surface area contributed by atoms with Gasteiger partial charge in [0.2, 0.25) is 0 Å². The predicted octanol–water partition coefficient (Wildman–Crippen LogP) is 2.01. The van der Waals surface area contributed by atoms with E-state index in [1.54, 1.807) is 0 Å². The zero-order valence-corrected chi connectivity index (χ0v) is 9.48. The number of hydrogen-bond donors (Lipinski definition) is 1. The van der Waals surface area contributed by atoms with E-state index in [2.05, 4.69) is 24.2 Å². The summed E-state index contributed by atoms with van der Waals surface area (Å²) in [4.78, 5) is 0. The molecule has 1 unspecified atom stereocenters. The molecule has 2 rings (SSSR count). The van der Waals surface area contributed by atoms with E-state index in [0.717, 1.165) is 12.1 Å². The standard InChI is InChI=1S/C11H19N3O/c1-3-8(2)14-11(9-5-4-6-9)10(7-15)12-13-14/h8-9,15H,3-7H2,1-2H3. The molecule has 15 heavy (non-hydrogen) atoms. The molecule has 4 heteroatoms. The Morgan fingerprint density at radius 3 is 2.73 bits per heavy atom. The summed E-state index contributed by atoms with van der Waals surface area (Å²) < 4.78 is 2.01. The lowest BCUT2D eigenvalue weighted by Gasteiger charge is -2.27. The molecule has 4 nitrogen and oxygen atoms in total. The third kappa shape index (κ3) is 1.78. The Balaban J connectivity index is 2.32. The first-order chi connectivity index (χ1) is 7.27. The number of aliphatic hydroxyl groups is 1. The van der Waals surface area contributed by atoms with Crippen LogP contribution in [0.25, 0.3) is 0 Å². The Kier molecular flexibility index (Phi) is 3.05. The van der Waals surface area contributed by atoms with Gasteiger partial charge in [0.05, 0.1) is 18.3 Å². The summed E-state index contributed by atoms with van der Waals surface area (Å²) in [6.07, 6.45) is 4.78. The quantitative estimate of drug-likeness (QED) is 0.825. The molecule has 0 radical (unpaired) electrons. The summed E-state index contributed by atoms with van der Waals surface area (Å²) in [5, 5.41) is 17.5. The Morgan fingerprint density at radius 2 is 2.27 bits per heavy atom. The van der Waals surface area contributed by atoms with Crippen molar-refractivity contribution >= 4 is 0 Å². The van der Waals surface area contributed by atoms with E-state index in [1.165, 1.54) is 25.0 Å². The van der Waals surface area contributed by atoms with Gasteiger partial charge in [-0.15, -0.1) is 5.10 Å². The highest BCUT2D eigenvalue weighted by Gasteiger charge is 2.28. The van der Waals surface area contributed by atoms with Crippen molar-refractivity contribution in [3.05, 3.63) is 11.4 Å². The average molecular weight is 209 g/mol. The molecule has 1 heterocycles. The van der Waals surface area contributed by atoms with Crippen LogP contribution in [0.3, 0.4) is 0 Å². The van der Waals surface area contributed by atoms with Crippen LogP contribution < -0.4 is 0 Å². The van der Waals surface area contributed by atoms with Gasteiger partial charge < -0.3 is 5.11 Å². The molecule has 1 N–H and O–H groups in total. The first-order valence-electron chi connectivity index (χ1n) is 5.82. The lowest BCUT2D eigenvalue weighted by molar-refractivity contribution is 0.271. The Hall–Kier alpha value is -0.900. The SMILES string of the molecule is CCC(C)n1nnc(CO)c1C1CCC1. The highest BCUT2D eigenvalue weighted by Crippen LogP contribution is 2.38. The minimum absolute atomic E-state index is 0.0161. The van der Waals surface area contributed by atoms with Crippen molar-refractivity contribution in [1.29, 1.82) is 0 Å². The molecule has 1 aliphatic rings. The van der Waals surface area contributed by atoms with Gasteiger partial charge in [-0.25, -0.2) is 4.68 Å². The molecule has 0 amide bonds. The van der Waals surface area contributed by atoms with Gasteiger partial charge in [-0.2, -0.15) is 0 Å². The van der Waals surface area contributed by atoms with Gasteiger partial charge in [-0.1, -0.05) is 18.6 Å². The molecule has 1 fully saturated rings. The fourth-order valence-electron chi connectivity index (χ4n) is 2.05. The van der Waals surface area contributed by atoms with E-state index < -0.39 is 0 Å². The zero-order valence-electron chi connectivity index (χ0n) is 9.48. The normalized spacial score (nSPS) is 18.9. The number of aliphatic hydroxyl groups excluding tert-OH is 1. The van der Waals surface area contributed by atoms with Gasteiger partial charge in [0.25, 0.3) is 0 Å². The third-order valence-electron chi connectivity index (χ3n) is 3.45. The van der Waals surface area contributed by atoms with Crippen LogP contribution in [0.4, 0.5) is 0 Å². The van der Waals surface area contributed by atoms with Gasteiger partial charge in [-0.05, 0) is 26.2 Å². The van der Waals surface area contributed by atoms with Gasteiger partial charge in [-0.3, -0.25) is 0 Å². The van der Waals surface area contributed by atoms with Crippen molar-refractivity contribution < 1.29 is 5.11 Å². The fraction of sp³-hybridized carbons (Fsp3) is 0.818. The van der Waals surface area contributed by atoms with Gasteiger partial charge in [0.15, 0.2) is 0 Å². The maximum Gasteiger partial charge on any atom is 0.112 e. The monoisotopic (exact) mass is 209 g/mol. The Morgan fingerprint density at radius 1 is 1.53 bits per heavy atom. The van der Waals surface area contributed by atoms with E-state index in [1.807, 2.05) is 4.68 Å². The summed E-state index contributed by atoms with van der Waals surface area (Å²) >= 11 is 0. The molecule has 0 saturated heterocycles. The number of aromatic nitrogens is 3. The van der Waals surface area contributed by atoms with Gasteiger partial charge >= 0.3 is 0 Å². The fourth-order valence-corrected chi connectivity index (χ4v) is 2.05. The molecule has 1 saturated carbocycles. The van der Waals surface area contributed by atoms with E-state index in [9.17, 15) is 5.11 Å². The van der Waals surface area contributed by atoms with Crippen LogP contribution in [0.2, 0.25) is 0 Å². The molecule has 84 valence electrons. The first-order valence-corrected chi connectivity index (χ1v) is 5.82. The van der Waals surface area contributed by atoms with E-state index in [0.29, 0.717) is 12.0 Å². The van der Waals surface area contributed by atoms with Crippen LogP contribution in [-0.2, 0) is 6.61 Å². The molecule has 1 atom stereocenters. The smallest absolute Gasteiger partial charge is 0.112 e. The largest absolute Gasteiger partial charge is 0.390 e. The second-order valence-electron chi connectivity index (χ2n) is 4.41. The second-order valence-corrected chi connectivity index (χ2v) is 4.41. The van der Waals surface area contributed by atoms with Crippen molar-refractivity contribution in [3.63, 3.8) is 0 Å². The van der Waals surface area contributed by atoms with Crippen LogP contribution >= 0.6 is 0 Å². The topological polar surface area (TPSA) is 50.9 Å². The first kappa shape index (κ1) is 10.6. The molecular weight excluding hydrogens is 190 g/mol. The van der Waals surface area contributed by atoms with Crippen LogP contribution in [0.5, 0.6) is 0 Å². The van der Waals surface area contributed by atoms with Crippen molar-refractivity contribution in [3.8, 4) is 0 Å². The average Bonchev–Trinajstić information content (AvgIpc) is 2.58. The number of rotatable bonds is 4. The molecule has 1 aromatic rings. The molecular formula is C11H19N3O. The van der Waals surface area contributed by atoms with E-state index in [4.69, 9.17) is 0 Å². The minimum Gasteiger partial charge on any atom is -0.390 e. The third-order valence-corrected chi connectivity index (χ3v) is 3.45. The Labute approximate surface area is 90.3 Å². The molecule has 0 aromatic carbocycles. The lowest BCUT2D eigenvalue weighted by Crippen LogP contribution is -2.18. The van der Waals surface area contributed by atoms with Crippen LogP contribution in [0.15, 0.2) is 0 Å². The van der Waals surface area contributed by atoms with Crippen LogP contribution in [0, 0.1) is 0 Å². The summed E-state index contributed by atoms with van der Waals surface area (Å²) in [5.41, 5.74) is 1.96.